The summed E-state index contributed by atoms with van der Waals surface area (Å²) in [6.45, 7) is 7.01. The summed E-state index contributed by atoms with van der Waals surface area (Å²) >= 11 is 0. The molecule has 3 heterocycles. The van der Waals surface area contributed by atoms with E-state index in [9.17, 15) is 14.4 Å². The average Bonchev–Trinajstić information content (AvgIpc) is 3.02. The van der Waals surface area contributed by atoms with Gasteiger partial charge in [-0.1, -0.05) is 0 Å². The van der Waals surface area contributed by atoms with Crippen molar-refractivity contribution >= 4 is 11.8 Å². The summed E-state index contributed by atoms with van der Waals surface area (Å²) in [5.41, 5.74) is 0.135. The van der Waals surface area contributed by atoms with Crippen LogP contribution in [0.15, 0.2) is 37.4 Å². The number of aryl methyl sites for hydroxylation is 1. The molecule has 1 aliphatic heterocycles. The first-order valence-corrected chi connectivity index (χ1v) is 8.68. The molecule has 0 amide bonds. The van der Waals surface area contributed by atoms with Crippen LogP contribution in [0.5, 0.6) is 0 Å². The van der Waals surface area contributed by atoms with Crippen molar-refractivity contribution < 1.29 is 13.9 Å². The van der Waals surface area contributed by atoms with Gasteiger partial charge in [0.2, 0.25) is 0 Å². The van der Waals surface area contributed by atoms with Gasteiger partial charge in [-0.2, -0.15) is 0 Å². The number of anilines is 1. The number of rotatable bonds is 3. The lowest BCUT2D eigenvalue weighted by Crippen LogP contribution is -2.43. The summed E-state index contributed by atoms with van der Waals surface area (Å²) in [6, 6.07) is 3.50. The fraction of sp³-hybridized carbons (Fsp3) is 0.421. The Balaban J connectivity index is 2.34. The van der Waals surface area contributed by atoms with Crippen LogP contribution in [0.25, 0.3) is 0 Å². The maximum absolute atomic E-state index is 13.0. The molecule has 0 fully saturated rings. The highest BCUT2D eigenvalue weighted by Gasteiger charge is 2.39. The van der Waals surface area contributed by atoms with Gasteiger partial charge in [0.15, 0.2) is 0 Å². The standard InChI is InChI=1S/C19H23N3O5/c1-9(2)26-18(24)13-11(4)20-16-15(14(13)12-8-7-10(3)27-12)17(23)22(6)19(25)21(16)5/h7-9,14,20H,1-6H3. The minimum Gasteiger partial charge on any atom is -0.465 e. The van der Waals surface area contributed by atoms with Gasteiger partial charge in [-0.15, -0.1) is 0 Å². The van der Waals surface area contributed by atoms with Crippen molar-refractivity contribution in [2.75, 3.05) is 5.32 Å². The minimum atomic E-state index is -0.772. The molecule has 1 N–H and O–H groups in total. The monoisotopic (exact) mass is 373 g/mol. The van der Waals surface area contributed by atoms with E-state index in [1.165, 1.54) is 11.6 Å². The molecule has 144 valence electrons. The molecule has 2 aromatic rings. The Bertz CT molecular complexity index is 1070. The molecule has 2 aromatic heterocycles. The summed E-state index contributed by atoms with van der Waals surface area (Å²) in [4.78, 5) is 38.1. The molecular formula is C19H23N3O5. The quantitative estimate of drug-likeness (QED) is 0.824. The van der Waals surface area contributed by atoms with Crippen LogP contribution in [0.1, 0.15) is 43.8 Å². The Morgan fingerprint density at radius 1 is 1.19 bits per heavy atom. The van der Waals surface area contributed by atoms with Crippen LogP contribution in [-0.2, 0) is 23.6 Å². The number of esters is 1. The van der Waals surface area contributed by atoms with Gasteiger partial charge in [-0.05, 0) is 39.8 Å². The van der Waals surface area contributed by atoms with Crippen LogP contribution in [0.4, 0.5) is 5.82 Å². The number of allylic oxidation sites excluding steroid dienone is 1. The minimum absolute atomic E-state index is 0.273. The topological polar surface area (TPSA) is 95.5 Å². The summed E-state index contributed by atoms with van der Waals surface area (Å²) in [5, 5.41) is 3.03. The average molecular weight is 373 g/mol. The van der Waals surface area contributed by atoms with Crippen molar-refractivity contribution in [2.24, 2.45) is 14.1 Å². The lowest BCUT2D eigenvalue weighted by atomic mass is 9.85. The molecule has 3 rings (SSSR count). The Morgan fingerprint density at radius 2 is 1.85 bits per heavy atom. The van der Waals surface area contributed by atoms with Crippen molar-refractivity contribution in [3.05, 3.63) is 61.3 Å². The third-order valence-electron chi connectivity index (χ3n) is 4.60. The number of furan rings is 1. The van der Waals surface area contributed by atoms with Crippen molar-refractivity contribution in [1.29, 1.82) is 0 Å². The fourth-order valence-electron chi connectivity index (χ4n) is 3.33. The second-order valence-corrected chi connectivity index (χ2v) is 6.97. The molecule has 0 radical (unpaired) electrons. The number of aromatic nitrogens is 2. The highest BCUT2D eigenvalue weighted by molar-refractivity contribution is 5.94. The summed E-state index contributed by atoms with van der Waals surface area (Å²) < 4.78 is 13.6. The number of nitrogens with zero attached hydrogens (tertiary/aromatic N) is 2. The van der Waals surface area contributed by atoms with Gasteiger partial charge in [0.05, 0.1) is 23.2 Å². The van der Waals surface area contributed by atoms with E-state index >= 15 is 0 Å². The van der Waals surface area contributed by atoms with E-state index in [0.717, 1.165) is 4.57 Å². The zero-order chi connectivity index (χ0) is 20.0. The molecule has 0 saturated carbocycles. The smallest absolute Gasteiger partial charge is 0.337 e. The molecule has 1 aliphatic rings. The van der Waals surface area contributed by atoms with Crippen molar-refractivity contribution in [3.63, 3.8) is 0 Å². The van der Waals surface area contributed by atoms with Gasteiger partial charge in [0, 0.05) is 19.8 Å². The molecule has 0 bridgehead atoms. The third kappa shape index (κ3) is 3.01. The molecule has 1 atom stereocenters. The van der Waals surface area contributed by atoms with Crippen LogP contribution in [0.2, 0.25) is 0 Å². The number of carbonyl (C=O) groups excluding carboxylic acids is 1. The Morgan fingerprint density at radius 3 is 2.41 bits per heavy atom. The van der Waals surface area contributed by atoms with Gasteiger partial charge in [-0.25, -0.2) is 9.59 Å². The Hall–Kier alpha value is -3.03. The number of ether oxygens (including phenoxy) is 1. The first-order valence-electron chi connectivity index (χ1n) is 8.68. The largest absolute Gasteiger partial charge is 0.465 e. The van der Waals surface area contributed by atoms with Gasteiger partial charge in [0.25, 0.3) is 5.56 Å². The van der Waals surface area contributed by atoms with Crippen LogP contribution in [0.3, 0.4) is 0 Å². The first-order chi connectivity index (χ1) is 12.6. The number of hydrogen-bond donors (Lipinski definition) is 1. The first kappa shape index (κ1) is 18.8. The molecule has 0 saturated heterocycles. The van der Waals surface area contributed by atoms with Crippen LogP contribution in [-0.4, -0.2) is 21.2 Å². The number of nitrogens with one attached hydrogen (secondary N) is 1. The molecule has 27 heavy (non-hydrogen) atoms. The maximum atomic E-state index is 13.0. The Labute approximate surface area is 156 Å². The summed E-state index contributed by atoms with van der Waals surface area (Å²) in [7, 11) is 2.98. The van der Waals surface area contributed by atoms with Gasteiger partial charge in [0.1, 0.15) is 17.3 Å². The van der Waals surface area contributed by atoms with E-state index in [1.54, 1.807) is 46.9 Å². The van der Waals surface area contributed by atoms with Crippen molar-refractivity contribution in [1.82, 2.24) is 9.13 Å². The molecule has 0 aromatic carbocycles. The lowest BCUT2D eigenvalue weighted by Gasteiger charge is -2.29. The maximum Gasteiger partial charge on any atom is 0.337 e. The van der Waals surface area contributed by atoms with Crippen molar-refractivity contribution in [2.45, 2.75) is 39.7 Å². The third-order valence-corrected chi connectivity index (χ3v) is 4.60. The normalized spacial score (nSPS) is 16.3. The molecule has 0 spiro atoms. The highest BCUT2D eigenvalue weighted by atomic mass is 16.5. The Kier molecular flexibility index (Phi) is 4.59. The SMILES string of the molecule is CC1=C(C(=O)OC(C)C)C(c2ccc(C)o2)c2c(n(C)c(=O)n(C)c2=O)N1. The summed E-state index contributed by atoms with van der Waals surface area (Å²) in [6.07, 6.45) is -0.318. The van der Waals surface area contributed by atoms with Crippen LogP contribution in [0, 0.1) is 6.92 Å². The fourth-order valence-corrected chi connectivity index (χ4v) is 3.33. The predicted octanol–water partition coefficient (Wildman–Crippen LogP) is 1.77. The number of carbonyl (C=O) groups is 1. The van der Waals surface area contributed by atoms with Crippen LogP contribution < -0.4 is 16.6 Å². The van der Waals surface area contributed by atoms with E-state index < -0.39 is 23.1 Å². The molecule has 0 aliphatic carbocycles. The van der Waals surface area contributed by atoms with Crippen LogP contribution >= 0.6 is 0 Å². The van der Waals surface area contributed by atoms with Gasteiger partial charge in [-0.3, -0.25) is 13.9 Å². The van der Waals surface area contributed by atoms with E-state index in [1.807, 2.05) is 0 Å². The van der Waals surface area contributed by atoms with E-state index in [2.05, 4.69) is 5.32 Å². The van der Waals surface area contributed by atoms with E-state index in [-0.39, 0.29) is 11.7 Å². The zero-order valence-electron chi connectivity index (χ0n) is 16.2. The van der Waals surface area contributed by atoms with Gasteiger partial charge >= 0.3 is 11.7 Å². The second kappa shape index (κ2) is 6.61. The molecule has 8 heteroatoms. The number of fused-ring (bicyclic) bond motifs is 1. The zero-order valence-corrected chi connectivity index (χ0v) is 16.2. The van der Waals surface area contributed by atoms with E-state index in [4.69, 9.17) is 9.15 Å². The molecule has 8 nitrogen and oxygen atoms in total. The van der Waals surface area contributed by atoms with Crippen molar-refractivity contribution in [3.8, 4) is 0 Å². The summed E-state index contributed by atoms with van der Waals surface area (Å²) in [5.74, 6) is 0.144. The number of hydrogen-bond acceptors (Lipinski definition) is 6. The lowest BCUT2D eigenvalue weighted by molar-refractivity contribution is -0.143. The predicted molar refractivity (Wildman–Crippen MR) is 99.8 cm³/mol. The van der Waals surface area contributed by atoms with E-state index in [0.29, 0.717) is 28.6 Å². The second-order valence-electron chi connectivity index (χ2n) is 6.97. The highest BCUT2D eigenvalue weighted by Crippen LogP contribution is 2.40. The molecular weight excluding hydrogens is 350 g/mol. The molecule has 1 unspecified atom stereocenters. The van der Waals surface area contributed by atoms with Gasteiger partial charge < -0.3 is 14.5 Å².